The molecule has 3 aliphatic rings. The smallest absolute Gasteiger partial charge is 0.228 e. The molecule has 0 aliphatic carbocycles. The first-order chi connectivity index (χ1) is 18.0. The Morgan fingerprint density at radius 3 is 2.30 bits per heavy atom. The molecule has 3 aliphatic heterocycles. The van der Waals surface area contributed by atoms with Gasteiger partial charge in [-0.1, -0.05) is 12.0 Å². The van der Waals surface area contributed by atoms with Crippen molar-refractivity contribution in [2.75, 3.05) is 68.7 Å². The Hall–Kier alpha value is -2.96. The van der Waals surface area contributed by atoms with Crippen molar-refractivity contribution in [2.45, 2.75) is 51.6 Å². The second-order valence-electron chi connectivity index (χ2n) is 10.4. The summed E-state index contributed by atoms with van der Waals surface area (Å²) in [7, 11) is 0. The average molecular weight is 508 g/mol. The number of piperidine rings is 2. The number of aromatic nitrogens is 2. The second kappa shape index (κ2) is 11.6. The van der Waals surface area contributed by atoms with Crippen molar-refractivity contribution in [1.82, 2.24) is 25.1 Å². The molecule has 5 rings (SSSR count). The second-order valence-corrected chi connectivity index (χ2v) is 10.4. The molecule has 4 heterocycles. The fourth-order valence-corrected chi connectivity index (χ4v) is 5.72. The zero-order valence-corrected chi connectivity index (χ0v) is 22.0. The number of nitrogens with one attached hydrogen (secondary N) is 1. The lowest BCUT2D eigenvalue weighted by molar-refractivity contribution is -0.129. The number of nitrogens with zero attached hydrogens (tertiary/aromatic N) is 6. The summed E-state index contributed by atoms with van der Waals surface area (Å²) in [6.45, 7) is 11.2. The SMILES string of the molecule is CC#CCN1CCN(c2nc(N3CCC(NC4CCN(C(C)=O)CC4)CC3)nc3c(F)cccc23)CC1. The largest absolute Gasteiger partial charge is 0.353 e. The predicted molar refractivity (Wildman–Crippen MR) is 145 cm³/mol. The van der Waals surface area contributed by atoms with Crippen LogP contribution in [0.2, 0.25) is 0 Å². The number of benzene rings is 1. The minimum atomic E-state index is -0.298. The van der Waals surface area contributed by atoms with Crippen LogP contribution in [0.3, 0.4) is 0 Å². The molecule has 9 heteroatoms. The number of anilines is 2. The van der Waals surface area contributed by atoms with Crippen molar-refractivity contribution in [2.24, 2.45) is 0 Å². The van der Waals surface area contributed by atoms with E-state index in [-0.39, 0.29) is 11.7 Å². The Bertz CT molecular complexity index is 1150. The summed E-state index contributed by atoms with van der Waals surface area (Å²) in [5.41, 5.74) is 0.402. The van der Waals surface area contributed by atoms with Crippen LogP contribution in [0.1, 0.15) is 39.5 Å². The number of halogens is 1. The van der Waals surface area contributed by atoms with E-state index in [2.05, 4.69) is 31.9 Å². The summed E-state index contributed by atoms with van der Waals surface area (Å²) in [6, 6.07) is 6.07. The molecule has 37 heavy (non-hydrogen) atoms. The van der Waals surface area contributed by atoms with Crippen molar-refractivity contribution < 1.29 is 9.18 Å². The fraction of sp³-hybridized carbons (Fsp3) is 0.607. The van der Waals surface area contributed by atoms with E-state index in [4.69, 9.17) is 9.97 Å². The van der Waals surface area contributed by atoms with E-state index in [0.717, 1.165) is 95.8 Å². The van der Waals surface area contributed by atoms with Crippen LogP contribution in [0, 0.1) is 17.7 Å². The van der Waals surface area contributed by atoms with E-state index in [9.17, 15) is 9.18 Å². The maximum absolute atomic E-state index is 14.9. The molecule has 1 aromatic carbocycles. The molecule has 2 aromatic rings. The first-order valence-electron chi connectivity index (χ1n) is 13.6. The normalized spacial score (nSPS) is 20.2. The van der Waals surface area contributed by atoms with Gasteiger partial charge in [-0.3, -0.25) is 9.69 Å². The van der Waals surface area contributed by atoms with Crippen LogP contribution in [0.15, 0.2) is 18.2 Å². The quantitative estimate of drug-likeness (QED) is 0.624. The summed E-state index contributed by atoms with van der Waals surface area (Å²) >= 11 is 0. The van der Waals surface area contributed by atoms with Crippen LogP contribution in [0.5, 0.6) is 0 Å². The van der Waals surface area contributed by atoms with E-state index in [1.807, 2.05) is 17.9 Å². The Labute approximate surface area is 219 Å². The highest BCUT2D eigenvalue weighted by molar-refractivity contribution is 5.91. The maximum atomic E-state index is 14.9. The van der Waals surface area contributed by atoms with Gasteiger partial charge in [0.15, 0.2) is 0 Å². The zero-order valence-electron chi connectivity index (χ0n) is 22.0. The molecule has 0 bridgehead atoms. The van der Waals surface area contributed by atoms with Gasteiger partial charge in [0.1, 0.15) is 17.2 Å². The van der Waals surface area contributed by atoms with Crippen molar-refractivity contribution in [3.63, 3.8) is 0 Å². The van der Waals surface area contributed by atoms with Gasteiger partial charge in [0, 0.05) is 76.8 Å². The van der Waals surface area contributed by atoms with Crippen molar-refractivity contribution >= 4 is 28.6 Å². The van der Waals surface area contributed by atoms with Gasteiger partial charge >= 0.3 is 0 Å². The van der Waals surface area contributed by atoms with Crippen LogP contribution in [-0.2, 0) is 4.79 Å². The van der Waals surface area contributed by atoms with Gasteiger partial charge in [-0.25, -0.2) is 9.37 Å². The zero-order chi connectivity index (χ0) is 25.8. The highest BCUT2D eigenvalue weighted by Crippen LogP contribution is 2.30. The van der Waals surface area contributed by atoms with Gasteiger partial charge in [0.05, 0.1) is 6.54 Å². The third kappa shape index (κ3) is 5.97. The molecular weight excluding hydrogens is 469 g/mol. The number of fused-ring (bicyclic) bond motifs is 1. The number of carbonyl (C=O) groups excluding carboxylic acids is 1. The van der Waals surface area contributed by atoms with Crippen molar-refractivity contribution in [3.05, 3.63) is 24.0 Å². The van der Waals surface area contributed by atoms with E-state index in [1.165, 1.54) is 6.07 Å². The summed E-state index contributed by atoms with van der Waals surface area (Å²) in [6.07, 6.45) is 4.01. The van der Waals surface area contributed by atoms with Gasteiger partial charge in [-0.2, -0.15) is 4.98 Å². The van der Waals surface area contributed by atoms with Crippen LogP contribution in [-0.4, -0.2) is 96.7 Å². The van der Waals surface area contributed by atoms with Crippen LogP contribution in [0.4, 0.5) is 16.2 Å². The lowest BCUT2D eigenvalue weighted by Crippen LogP contribution is -2.50. The van der Waals surface area contributed by atoms with Gasteiger partial charge < -0.3 is 20.0 Å². The van der Waals surface area contributed by atoms with Crippen LogP contribution >= 0.6 is 0 Å². The minimum absolute atomic E-state index is 0.172. The number of carbonyl (C=O) groups is 1. The van der Waals surface area contributed by atoms with Gasteiger partial charge in [0.25, 0.3) is 0 Å². The summed E-state index contributed by atoms with van der Waals surface area (Å²) in [4.78, 5) is 30.1. The lowest BCUT2D eigenvalue weighted by Gasteiger charge is -2.38. The first-order valence-corrected chi connectivity index (χ1v) is 13.6. The molecule has 0 radical (unpaired) electrons. The molecular formula is C28H38FN7O. The minimum Gasteiger partial charge on any atom is -0.353 e. The van der Waals surface area contributed by atoms with Crippen LogP contribution in [0.25, 0.3) is 10.9 Å². The maximum Gasteiger partial charge on any atom is 0.228 e. The fourth-order valence-electron chi connectivity index (χ4n) is 5.72. The third-order valence-corrected chi connectivity index (χ3v) is 7.99. The third-order valence-electron chi connectivity index (χ3n) is 7.99. The number of rotatable bonds is 5. The molecule has 3 saturated heterocycles. The molecule has 0 unspecified atom stereocenters. The molecule has 0 saturated carbocycles. The number of piperazine rings is 1. The van der Waals surface area contributed by atoms with Crippen molar-refractivity contribution in [1.29, 1.82) is 0 Å². The highest BCUT2D eigenvalue weighted by Gasteiger charge is 2.28. The number of likely N-dealkylation sites (tertiary alicyclic amines) is 1. The number of amides is 1. The van der Waals surface area contributed by atoms with Crippen molar-refractivity contribution in [3.8, 4) is 11.8 Å². The number of hydrogen-bond acceptors (Lipinski definition) is 7. The monoisotopic (exact) mass is 507 g/mol. The Morgan fingerprint density at radius 2 is 1.65 bits per heavy atom. The lowest BCUT2D eigenvalue weighted by atomic mass is 9.99. The Morgan fingerprint density at radius 1 is 0.973 bits per heavy atom. The Balaban J connectivity index is 1.25. The van der Waals surface area contributed by atoms with Gasteiger partial charge in [-0.05, 0) is 44.7 Å². The van der Waals surface area contributed by atoms with E-state index >= 15 is 0 Å². The van der Waals surface area contributed by atoms with E-state index in [1.54, 1.807) is 13.0 Å². The molecule has 0 atom stereocenters. The first kappa shape index (κ1) is 25.7. The number of para-hydroxylation sites is 1. The molecule has 198 valence electrons. The molecule has 8 nitrogen and oxygen atoms in total. The molecule has 1 aromatic heterocycles. The van der Waals surface area contributed by atoms with E-state index < -0.39 is 0 Å². The number of hydrogen-bond donors (Lipinski definition) is 1. The Kier molecular flexibility index (Phi) is 8.06. The summed E-state index contributed by atoms with van der Waals surface area (Å²) < 4.78 is 14.9. The average Bonchev–Trinajstić information content (AvgIpc) is 2.93. The topological polar surface area (TPSA) is 67.8 Å². The molecule has 1 amide bonds. The van der Waals surface area contributed by atoms with Crippen LogP contribution < -0.4 is 15.1 Å². The highest BCUT2D eigenvalue weighted by atomic mass is 19.1. The molecule has 0 spiro atoms. The predicted octanol–water partition coefficient (Wildman–Crippen LogP) is 2.48. The standard InChI is InChI=1S/C28H38FN7O/c1-3-4-12-33-17-19-35(20-18-33)27-24-6-5-7-25(29)26(24)31-28(32-27)36-15-10-23(11-16-36)30-22-8-13-34(14-9-22)21(2)37/h5-7,22-23,30H,8-20H2,1-2H3. The summed E-state index contributed by atoms with van der Waals surface area (Å²) in [5, 5.41) is 4.60. The summed E-state index contributed by atoms with van der Waals surface area (Å²) in [5.74, 6) is 7.45. The van der Waals surface area contributed by atoms with E-state index in [0.29, 0.717) is 23.5 Å². The molecule has 3 fully saturated rings. The molecule has 1 N–H and O–H groups in total. The van der Waals surface area contributed by atoms with Gasteiger partial charge in [-0.15, -0.1) is 5.92 Å². The van der Waals surface area contributed by atoms with Gasteiger partial charge in [0.2, 0.25) is 11.9 Å².